The van der Waals surface area contributed by atoms with Crippen LogP contribution in [0.5, 0.6) is 0 Å². The lowest BCUT2D eigenvalue weighted by Crippen LogP contribution is -2.39. The molecule has 5 rings (SSSR count). The number of hydrogen-bond acceptors (Lipinski definition) is 8. The number of carbonyl (C=O) groups excluding carboxylic acids is 2. The molecular formula is C23H22N6O3. The molecule has 0 aliphatic carbocycles. The monoisotopic (exact) mass is 430 g/mol. The van der Waals surface area contributed by atoms with Gasteiger partial charge in [0.2, 0.25) is 11.7 Å². The van der Waals surface area contributed by atoms with Gasteiger partial charge in [-0.3, -0.25) is 14.6 Å². The van der Waals surface area contributed by atoms with Gasteiger partial charge in [0.15, 0.2) is 12.1 Å². The maximum atomic E-state index is 13.2. The van der Waals surface area contributed by atoms with Crippen LogP contribution in [0.1, 0.15) is 36.8 Å². The summed E-state index contributed by atoms with van der Waals surface area (Å²) in [5.41, 5.74) is 3.63. The second-order valence-electron chi connectivity index (χ2n) is 8.33. The van der Waals surface area contributed by atoms with E-state index in [-0.39, 0.29) is 18.4 Å². The zero-order valence-corrected chi connectivity index (χ0v) is 18.0. The van der Waals surface area contributed by atoms with Crippen molar-refractivity contribution < 1.29 is 14.1 Å². The minimum absolute atomic E-state index is 0.0860. The van der Waals surface area contributed by atoms with Crippen molar-refractivity contribution in [1.82, 2.24) is 15.1 Å². The van der Waals surface area contributed by atoms with Crippen molar-refractivity contribution in [2.75, 3.05) is 4.90 Å². The molecule has 0 radical (unpaired) electrons. The Hall–Kier alpha value is -3.88. The van der Waals surface area contributed by atoms with E-state index in [1.165, 1.54) is 9.91 Å². The van der Waals surface area contributed by atoms with Gasteiger partial charge in [-0.1, -0.05) is 66.2 Å². The van der Waals surface area contributed by atoms with Crippen molar-refractivity contribution in [3.05, 3.63) is 65.5 Å². The van der Waals surface area contributed by atoms with Crippen molar-refractivity contribution in [3.8, 4) is 11.4 Å². The molecule has 3 heterocycles. The highest BCUT2D eigenvalue weighted by Crippen LogP contribution is 2.33. The molecule has 32 heavy (non-hydrogen) atoms. The molecule has 2 atom stereocenters. The van der Waals surface area contributed by atoms with E-state index >= 15 is 0 Å². The standard InChI is InChI=1S/C23H22N6O3/c1-13(2)15-8-10-17(11-9-15)29-22(30)19-20(23(29)31)28(27-25-19)12-18-24-21(26-32-18)16-6-4-14(3)5-7-16/h4-11,13,19-20H,12H2,1-3H3/t19-,20+/m0/s1. The number of anilines is 1. The summed E-state index contributed by atoms with van der Waals surface area (Å²) in [5.74, 6) is 0.362. The summed E-state index contributed by atoms with van der Waals surface area (Å²) in [7, 11) is 0. The third kappa shape index (κ3) is 3.35. The largest absolute Gasteiger partial charge is 0.337 e. The summed E-state index contributed by atoms with van der Waals surface area (Å²) < 4.78 is 5.35. The molecule has 0 bridgehead atoms. The van der Waals surface area contributed by atoms with E-state index in [9.17, 15) is 9.59 Å². The highest BCUT2D eigenvalue weighted by molar-refractivity contribution is 6.25. The molecular weight excluding hydrogens is 408 g/mol. The zero-order chi connectivity index (χ0) is 22.4. The van der Waals surface area contributed by atoms with Crippen LogP contribution < -0.4 is 4.90 Å². The van der Waals surface area contributed by atoms with E-state index in [1.807, 2.05) is 43.3 Å². The average molecular weight is 430 g/mol. The van der Waals surface area contributed by atoms with E-state index in [4.69, 9.17) is 4.52 Å². The molecule has 2 aromatic carbocycles. The average Bonchev–Trinajstić information content (AvgIpc) is 3.47. The fourth-order valence-corrected chi connectivity index (χ4v) is 3.89. The van der Waals surface area contributed by atoms with E-state index in [0.29, 0.717) is 23.3 Å². The van der Waals surface area contributed by atoms with Gasteiger partial charge in [0.1, 0.15) is 6.54 Å². The maximum absolute atomic E-state index is 13.2. The summed E-state index contributed by atoms with van der Waals surface area (Å²) in [6, 6.07) is 13.5. The van der Waals surface area contributed by atoms with Crippen LogP contribution in [-0.2, 0) is 16.1 Å². The van der Waals surface area contributed by atoms with Crippen LogP contribution in [0.2, 0.25) is 0 Å². The summed E-state index contributed by atoms with van der Waals surface area (Å²) in [6.07, 6.45) is 0. The van der Waals surface area contributed by atoms with Crippen LogP contribution in [0, 0.1) is 6.92 Å². The lowest BCUT2D eigenvalue weighted by atomic mass is 10.0. The second kappa shape index (κ2) is 7.67. The first kappa shape index (κ1) is 20.0. The molecule has 0 saturated carbocycles. The molecule has 1 saturated heterocycles. The molecule has 1 aromatic heterocycles. The molecule has 9 nitrogen and oxygen atoms in total. The molecule has 0 spiro atoms. The summed E-state index contributed by atoms with van der Waals surface area (Å²) in [5, 5.41) is 13.5. The smallest absolute Gasteiger partial charge is 0.263 e. The molecule has 3 aromatic rings. The normalized spacial score (nSPS) is 20.0. The third-order valence-electron chi connectivity index (χ3n) is 5.75. The number of aryl methyl sites for hydroxylation is 1. The first-order valence-corrected chi connectivity index (χ1v) is 10.5. The molecule has 162 valence electrons. The van der Waals surface area contributed by atoms with E-state index in [2.05, 4.69) is 34.3 Å². The number of carbonyl (C=O) groups is 2. The van der Waals surface area contributed by atoms with Crippen LogP contribution >= 0.6 is 0 Å². The van der Waals surface area contributed by atoms with Crippen molar-refractivity contribution >= 4 is 17.5 Å². The number of nitrogens with zero attached hydrogens (tertiary/aromatic N) is 6. The van der Waals surface area contributed by atoms with Crippen LogP contribution in [-0.4, -0.2) is 39.0 Å². The summed E-state index contributed by atoms with van der Waals surface area (Å²) in [6.45, 7) is 6.27. The Morgan fingerprint density at radius 3 is 2.41 bits per heavy atom. The molecule has 0 unspecified atom stereocenters. The van der Waals surface area contributed by atoms with Crippen LogP contribution in [0.3, 0.4) is 0 Å². The van der Waals surface area contributed by atoms with Crippen LogP contribution in [0.15, 0.2) is 63.4 Å². The molecule has 1 fully saturated rings. The van der Waals surface area contributed by atoms with Gasteiger partial charge in [0.05, 0.1) is 5.69 Å². The predicted octanol–water partition coefficient (Wildman–Crippen LogP) is 3.66. The number of hydrogen-bond donors (Lipinski definition) is 0. The molecule has 0 N–H and O–H groups in total. The Morgan fingerprint density at radius 2 is 1.72 bits per heavy atom. The Morgan fingerprint density at radius 1 is 1.00 bits per heavy atom. The van der Waals surface area contributed by atoms with Gasteiger partial charge in [-0.15, -0.1) is 0 Å². The molecule has 2 aliphatic heterocycles. The number of fused-ring (bicyclic) bond motifs is 1. The topological polar surface area (TPSA) is 104 Å². The lowest BCUT2D eigenvalue weighted by Gasteiger charge is -2.19. The SMILES string of the molecule is Cc1ccc(-c2noc(CN3N=N[C@@H]4C(=O)N(c5ccc(C(C)C)cc5)C(=O)[C@@H]43)n2)cc1. The van der Waals surface area contributed by atoms with Crippen molar-refractivity contribution in [3.63, 3.8) is 0 Å². The van der Waals surface area contributed by atoms with Gasteiger partial charge < -0.3 is 4.52 Å². The number of benzene rings is 2. The Balaban J connectivity index is 1.34. The number of aromatic nitrogens is 2. The Labute approximate surface area is 184 Å². The lowest BCUT2D eigenvalue weighted by molar-refractivity contribution is -0.123. The quantitative estimate of drug-likeness (QED) is 0.572. The van der Waals surface area contributed by atoms with E-state index < -0.39 is 12.1 Å². The maximum Gasteiger partial charge on any atom is 0.263 e. The van der Waals surface area contributed by atoms with Gasteiger partial charge in [-0.25, -0.2) is 4.90 Å². The second-order valence-corrected chi connectivity index (χ2v) is 8.33. The summed E-state index contributed by atoms with van der Waals surface area (Å²) >= 11 is 0. The van der Waals surface area contributed by atoms with Gasteiger partial charge in [-0.2, -0.15) is 10.1 Å². The Kier molecular flexibility index (Phi) is 4.80. The first-order chi connectivity index (χ1) is 15.4. The predicted molar refractivity (Wildman–Crippen MR) is 115 cm³/mol. The molecule has 2 aliphatic rings. The number of amides is 2. The van der Waals surface area contributed by atoms with E-state index in [1.54, 1.807) is 12.1 Å². The van der Waals surface area contributed by atoms with Crippen molar-refractivity contribution in [2.24, 2.45) is 10.3 Å². The minimum atomic E-state index is -0.869. The van der Waals surface area contributed by atoms with Gasteiger partial charge in [-0.05, 0) is 30.5 Å². The molecule has 2 amide bonds. The minimum Gasteiger partial charge on any atom is -0.337 e. The fraction of sp³-hybridized carbons (Fsp3) is 0.304. The number of rotatable bonds is 5. The Bertz CT molecular complexity index is 1200. The highest BCUT2D eigenvalue weighted by Gasteiger charge is 2.55. The van der Waals surface area contributed by atoms with Gasteiger partial charge in [0, 0.05) is 5.56 Å². The fourth-order valence-electron chi connectivity index (χ4n) is 3.89. The van der Waals surface area contributed by atoms with Gasteiger partial charge in [0.25, 0.3) is 11.8 Å². The highest BCUT2D eigenvalue weighted by atomic mass is 16.5. The van der Waals surface area contributed by atoms with Crippen molar-refractivity contribution in [2.45, 2.75) is 45.3 Å². The first-order valence-electron chi connectivity index (χ1n) is 10.5. The van der Waals surface area contributed by atoms with Crippen LogP contribution in [0.25, 0.3) is 11.4 Å². The van der Waals surface area contributed by atoms with Crippen LogP contribution in [0.4, 0.5) is 5.69 Å². The summed E-state index contributed by atoms with van der Waals surface area (Å²) in [4.78, 5) is 31.7. The van der Waals surface area contributed by atoms with Gasteiger partial charge >= 0.3 is 0 Å². The van der Waals surface area contributed by atoms with E-state index in [0.717, 1.165) is 16.7 Å². The zero-order valence-electron chi connectivity index (χ0n) is 18.0. The number of imide groups is 1. The third-order valence-corrected chi connectivity index (χ3v) is 5.75. The van der Waals surface area contributed by atoms with Crippen molar-refractivity contribution in [1.29, 1.82) is 0 Å². The molecule has 9 heteroatoms.